The number of hydrogen-bond acceptors (Lipinski definition) is 3. The van der Waals surface area contributed by atoms with Gasteiger partial charge in [-0.1, -0.05) is 24.6 Å². The van der Waals surface area contributed by atoms with Crippen molar-refractivity contribution in [1.29, 1.82) is 0 Å². The number of hydrogen-bond donors (Lipinski definition) is 2. The number of β-amino-alcohol motifs (C(OH)–C–C–N with tert-alkyl or cyclic N) is 1. The minimum absolute atomic E-state index is 0.280. The van der Waals surface area contributed by atoms with E-state index >= 15 is 0 Å². The van der Waals surface area contributed by atoms with Gasteiger partial charge in [-0.05, 0) is 36.6 Å². The molecule has 3 N–H and O–H groups in total. The van der Waals surface area contributed by atoms with Gasteiger partial charge in [0.25, 0.3) is 0 Å². The first-order valence-corrected chi connectivity index (χ1v) is 6.84. The summed E-state index contributed by atoms with van der Waals surface area (Å²) in [6.07, 6.45) is 0.704. The molecule has 5 heteroatoms. The third-order valence-corrected chi connectivity index (χ3v) is 4.09. The molecular weight excluding hydrogens is 264 g/mol. The highest BCUT2D eigenvalue weighted by molar-refractivity contribution is 6.31. The number of halogens is 1. The van der Waals surface area contributed by atoms with Gasteiger partial charge in [0.05, 0.1) is 6.10 Å². The van der Waals surface area contributed by atoms with Crippen molar-refractivity contribution in [3.63, 3.8) is 0 Å². The quantitative estimate of drug-likeness (QED) is 0.886. The van der Waals surface area contributed by atoms with Crippen molar-refractivity contribution in [3.8, 4) is 0 Å². The number of primary amides is 1. The summed E-state index contributed by atoms with van der Waals surface area (Å²) in [6, 6.07) is 5.11. The summed E-state index contributed by atoms with van der Waals surface area (Å²) in [7, 11) is 0. The first kappa shape index (κ1) is 14.3. The zero-order chi connectivity index (χ0) is 14.0. The fourth-order valence-electron chi connectivity index (χ4n) is 2.33. The second-order valence-electron chi connectivity index (χ2n) is 5.24. The predicted octanol–water partition coefficient (Wildman–Crippen LogP) is 1.64. The molecule has 1 heterocycles. The van der Waals surface area contributed by atoms with Gasteiger partial charge in [0.2, 0.25) is 5.91 Å². The van der Waals surface area contributed by atoms with Crippen LogP contribution in [0.3, 0.4) is 0 Å². The fourth-order valence-corrected chi connectivity index (χ4v) is 2.57. The SMILES string of the molecule is CC1CCN(Cc2ccc(C(N)=O)cc2Cl)CC1O. The number of aliphatic hydroxyl groups excluding tert-OH is 1. The number of aliphatic hydroxyl groups is 1. The third-order valence-electron chi connectivity index (χ3n) is 3.73. The molecule has 1 aliphatic heterocycles. The molecule has 104 valence electrons. The number of rotatable bonds is 3. The van der Waals surface area contributed by atoms with Crippen molar-refractivity contribution in [2.45, 2.75) is 26.0 Å². The minimum Gasteiger partial charge on any atom is -0.392 e. The Kier molecular flexibility index (Phi) is 4.45. The number of benzene rings is 1. The zero-order valence-electron chi connectivity index (χ0n) is 11.0. The van der Waals surface area contributed by atoms with E-state index in [-0.39, 0.29) is 6.10 Å². The fraction of sp³-hybridized carbons (Fsp3) is 0.500. The molecule has 1 amide bonds. The van der Waals surface area contributed by atoms with Gasteiger partial charge in [-0.25, -0.2) is 0 Å². The maximum atomic E-state index is 11.1. The van der Waals surface area contributed by atoms with Gasteiger partial charge in [-0.2, -0.15) is 0 Å². The Balaban J connectivity index is 2.05. The summed E-state index contributed by atoms with van der Waals surface area (Å²) in [5.74, 6) is -0.125. The van der Waals surface area contributed by atoms with Crippen LogP contribution in [0.5, 0.6) is 0 Å². The van der Waals surface area contributed by atoms with E-state index in [4.69, 9.17) is 17.3 Å². The Hall–Kier alpha value is -1.10. The summed E-state index contributed by atoms with van der Waals surface area (Å²) in [5.41, 5.74) is 6.58. The van der Waals surface area contributed by atoms with E-state index in [1.165, 1.54) is 0 Å². The molecule has 1 fully saturated rings. The Morgan fingerprint density at radius 2 is 2.32 bits per heavy atom. The highest BCUT2D eigenvalue weighted by atomic mass is 35.5. The van der Waals surface area contributed by atoms with Crippen LogP contribution >= 0.6 is 11.6 Å². The van der Waals surface area contributed by atoms with Crippen LogP contribution in [0.1, 0.15) is 29.3 Å². The number of nitrogens with two attached hydrogens (primary N) is 1. The number of likely N-dealkylation sites (tertiary alicyclic amines) is 1. The molecule has 0 aliphatic carbocycles. The minimum atomic E-state index is -0.476. The Labute approximate surface area is 118 Å². The predicted molar refractivity (Wildman–Crippen MR) is 75.0 cm³/mol. The second-order valence-corrected chi connectivity index (χ2v) is 5.65. The lowest BCUT2D eigenvalue weighted by atomic mass is 9.95. The summed E-state index contributed by atoms with van der Waals surface area (Å²) < 4.78 is 0. The van der Waals surface area contributed by atoms with Gasteiger partial charge in [-0.3, -0.25) is 9.69 Å². The largest absolute Gasteiger partial charge is 0.392 e. The molecule has 1 aromatic rings. The maximum absolute atomic E-state index is 11.1. The van der Waals surface area contributed by atoms with Crippen LogP contribution in [0.25, 0.3) is 0 Å². The molecule has 4 nitrogen and oxygen atoms in total. The van der Waals surface area contributed by atoms with Crippen molar-refractivity contribution in [1.82, 2.24) is 4.90 Å². The van der Waals surface area contributed by atoms with E-state index in [1.54, 1.807) is 12.1 Å². The molecule has 0 radical (unpaired) electrons. The molecule has 1 saturated heterocycles. The van der Waals surface area contributed by atoms with Crippen LogP contribution in [-0.4, -0.2) is 35.1 Å². The Bertz CT molecular complexity index is 479. The highest BCUT2D eigenvalue weighted by Gasteiger charge is 2.24. The number of carbonyl (C=O) groups is 1. The molecule has 1 aromatic carbocycles. The standard InChI is InChI=1S/C14H19ClN2O2/c1-9-4-5-17(8-13(9)18)7-11-3-2-10(14(16)19)6-12(11)15/h2-3,6,9,13,18H,4-5,7-8H2,1H3,(H2,16,19). The number of amides is 1. The molecule has 2 atom stereocenters. The molecule has 2 unspecified atom stereocenters. The van der Waals surface area contributed by atoms with Crippen LogP contribution in [0.4, 0.5) is 0 Å². The lowest BCUT2D eigenvalue weighted by Gasteiger charge is -2.34. The maximum Gasteiger partial charge on any atom is 0.248 e. The average molecular weight is 283 g/mol. The van der Waals surface area contributed by atoms with E-state index < -0.39 is 5.91 Å². The highest BCUT2D eigenvalue weighted by Crippen LogP contribution is 2.23. The van der Waals surface area contributed by atoms with Gasteiger partial charge >= 0.3 is 0 Å². The average Bonchev–Trinajstić information content (AvgIpc) is 2.36. The van der Waals surface area contributed by atoms with Gasteiger partial charge in [0.15, 0.2) is 0 Å². The smallest absolute Gasteiger partial charge is 0.248 e. The van der Waals surface area contributed by atoms with E-state index in [0.717, 1.165) is 18.5 Å². The molecule has 2 rings (SSSR count). The van der Waals surface area contributed by atoms with E-state index in [0.29, 0.717) is 29.6 Å². The summed E-state index contributed by atoms with van der Waals surface area (Å²) in [5, 5.41) is 10.4. The molecule has 0 spiro atoms. The van der Waals surface area contributed by atoms with E-state index in [2.05, 4.69) is 11.8 Å². The van der Waals surface area contributed by atoms with Crippen molar-refractivity contribution >= 4 is 17.5 Å². The van der Waals surface area contributed by atoms with Gasteiger partial charge in [-0.15, -0.1) is 0 Å². The lowest BCUT2D eigenvalue weighted by molar-refractivity contribution is 0.0259. The van der Waals surface area contributed by atoms with Crippen LogP contribution in [0.2, 0.25) is 5.02 Å². The topological polar surface area (TPSA) is 66.6 Å². The molecular formula is C14H19ClN2O2. The summed E-state index contributed by atoms with van der Waals surface area (Å²) >= 11 is 6.16. The zero-order valence-corrected chi connectivity index (χ0v) is 11.7. The first-order chi connectivity index (χ1) is 8.97. The first-order valence-electron chi connectivity index (χ1n) is 6.46. The van der Waals surface area contributed by atoms with Crippen LogP contribution < -0.4 is 5.73 Å². The van der Waals surface area contributed by atoms with Crippen molar-refractivity contribution < 1.29 is 9.90 Å². The van der Waals surface area contributed by atoms with Gasteiger partial charge in [0, 0.05) is 23.7 Å². The molecule has 0 bridgehead atoms. The van der Waals surface area contributed by atoms with Crippen molar-refractivity contribution in [2.24, 2.45) is 11.7 Å². The van der Waals surface area contributed by atoms with Gasteiger partial charge < -0.3 is 10.8 Å². The van der Waals surface area contributed by atoms with Crippen LogP contribution in [0, 0.1) is 5.92 Å². The molecule has 19 heavy (non-hydrogen) atoms. The monoisotopic (exact) mass is 282 g/mol. The molecule has 1 aliphatic rings. The Morgan fingerprint density at radius 3 is 2.89 bits per heavy atom. The number of carbonyl (C=O) groups excluding carboxylic acids is 1. The number of piperidine rings is 1. The Morgan fingerprint density at radius 1 is 1.58 bits per heavy atom. The van der Waals surface area contributed by atoms with Crippen molar-refractivity contribution in [3.05, 3.63) is 34.3 Å². The van der Waals surface area contributed by atoms with Crippen LogP contribution in [0.15, 0.2) is 18.2 Å². The molecule has 0 aromatic heterocycles. The summed E-state index contributed by atoms with van der Waals surface area (Å²) in [6.45, 7) is 4.36. The normalized spacial score (nSPS) is 24.4. The number of nitrogens with zero attached hydrogens (tertiary/aromatic N) is 1. The summed E-state index contributed by atoms with van der Waals surface area (Å²) in [4.78, 5) is 13.2. The van der Waals surface area contributed by atoms with E-state index in [9.17, 15) is 9.90 Å². The second kappa shape index (κ2) is 5.90. The lowest BCUT2D eigenvalue weighted by Crippen LogP contribution is -2.42. The van der Waals surface area contributed by atoms with Gasteiger partial charge in [0.1, 0.15) is 0 Å². The van der Waals surface area contributed by atoms with Crippen LogP contribution in [-0.2, 0) is 6.54 Å². The third kappa shape index (κ3) is 3.47. The van der Waals surface area contributed by atoms with E-state index in [1.807, 2.05) is 6.07 Å². The van der Waals surface area contributed by atoms with Crippen molar-refractivity contribution in [2.75, 3.05) is 13.1 Å². The molecule has 0 saturated carbocycles.